The maximum absolute atomic E-state index is 12.8. The van der Waals surface area contributed by atoms with Crippen molar-refractivity contribution in [3.63, 3.8) is 0 Å². The van der Waals surface area contributed by atoms with Crippen LogP contribution in [0.15, 0.2) is 24.3 Å². The lowest BCUT2D eigenvalue weighted by Gasteiger charge is -2.05. The summed E-state index contributed by atoms with van der Waals surface area (Å²) in [7, 11) is 0. The molecule has 0 amide bonds. The van der Waals surface area contributed by atoms with Crippen molar-refractivity contribution in [1.82, 2.24) is 9.78 Å². The van der Waals surface area contributed by atoms with E-state index in [4.69, 9.17) is 0 Å². The highest BCUT2D eigenvalue weighted by Gasteiger charge is 2.09. The van der Waals surface area contributed by atoms with Crippen LogP contribution in [0.4, 0.5) is 4.39 Å². The first-order valence-electron chi connectivity index (χ1n) is 6.78. The van der Waals surface area contributed by atoms with Crippen molar-refractivity contribution in [2.75, 3.05) is 0 Å². The third-order valence-corrected chi connectivity index (χ3v) is 3.68. The molecular formula is C16H19FN2O. The third kappa shape index (κ3) is 3.13. The molecule has 20 heavy (non-hydrogen) atoms. The van der Waals surface area contributed by atoms with Crippen LogP contribution in [-0.2, 0) is 6.54 Å². The summed E-state index contributed by atoms with van der Waals surface area (Å²) in [6.07, 6.45) is 1.18. The summed E-state index contributed by atoms with van der Waals surface area (Å²) in [5.41, 5.74) is 3.95. The number of nitrogens with zero attached hydrogens (tertiary/aromatic N) is 2. The molecule has 2 aromatic rings. The molecule has 0 aliphatic rings. The van der Waals surface area contributed by atoms with Gasteiger partial charge in [-0.25, -0.2) is 4.39 Å². The molecule has 0 radical (unpaired) electrons. The minimum Gasteiger partial charge on any atom is -0.294 e. The lowest BCUT2D eigenvalue weighted by Crippen LogP contribution is -2.06. The van der Waals surface area contributed by atoms with Crippen molar-refractivity contribution in [2.24, 2.45) is 0 Å². The lowest BCUT2D eigenvalue weighted by atomic mass is 10.1. The standard InChI is InChI=1S/C16H19FN2O/c1-11-12(2)18-19(13(11)3)10-4-5-16(20)14-6-8-15(17)9-7-14/h6-9H,4-5,10H2,1-3H3. The topological polar surface area (TPSA) is 34.9 Å². The molecule has 0 saturated heterocycles. The Bertz CT molecular complexity index is 614. The highest BCUT2D eigenvalue weighted by atomic mass is 19.1. The Morgan fingerprint density at radius 3 is 2.40 bits per heavy atom. The number of rotatable bonds is 5. The van der Waals surface area contributed by atoms with E-state index >= 15 is 0 Å². The van der Waals surface area contributed by atoms with Gasteiger partial charge in [0.2, 0.25) is 0 Å². The average molecular weight is 274 g/mol. The first-order valence-corrected chi connectivity index (χ1v) is 6.78. The van der Waals surface area contributed by atoms with Crippen LogP contribution in [0.5, 0.6) is 0 Å². The zero-order chi connectivity index (χ0) is 14.7. The van der Waals surface area contributed by atoms with Crippen LogP contribution in [-0.4, -0.2) is 15.6 Å². The fourth-order valence-corrected chi connectivity index (χ4v) is 2.17. The van der Waals surface area contributed by atoms with Gasteiger partial charge in [-0.3, -0.25) is 9.48 Å². The average Bonchev–Trinajstić information content (AvgIpc) is 2.67. The SMILES string of the molecule is Cc1nn(CCCC(=O)c2ccc(F)cc2)c(C)c1C. The molecular weight excluding hydrogens is 255 g/mol. The van der Waals surface area contributed by atoms with Crippen molar-refractivity contribution in [3.8, 4) is 0 Å². The molecule has 0 spiro atoms. The Kier molecular flexibility index (Phi) is 4.32. The number of ketones is 1. The van der Waals surface area contributed by atoms with E-state index in [1.54, 1.807) is 0 Å². The monoisotopic (exact) mass is 274 g/mol. The van der Waals surface area contributed by atoms with Crippen LogP contribution in [0, 0.1) is 26.6 Å². The van der Waals surface area contributed by atoms with Crippen LogP contribution in [0.3, 0.4) is 0 Å². The Balaban J connectivity index is 1.91. The molecule has 3 nitrogen and oxygen atoms in total. The van der Waals surface area contributed by atoms with E-state index in [9.17, 15) is 9.18 Å². The number of carbonyl (C=O) groups excluding carboxylic acids is 1. The number of hydrogen-bond acceptors (Lipinski definition) is 2. The summed E-state index contributed by atoms with van der Waals surface area (Å²) in [6, 6.07) is 5.70. The van der Waals surface area contributed by atoms with Gasteiger partial charge in [-0.05, 0) is 57.0 Å². The summed E-state index contributed by atoms with van der Waals surface area (Å²) in [5.74, 6) is -0.275. The summed E-state index contributed by atoms with van der Waals surface area (Å²) in [5, 5.41) is 4.45. The quantitative estimate of drug-likeness (QED) is 0.781. The van der Waals surface area contributed by atoms with Crippen LogP contribution in [0.1, 0.15) is 40.2 Å². The molecule has 2 rings (SSSR count). The molecule has 0 saturated carbocycles. The predicted molar refractivity (Wildman–Crippen MR) is 76.4 cm³/mol. The fourth-order valence-electron chi connectivity index (χ4n) is 2.17. The Morgan fingerprint density at radius 1 is 1.20 bits per heavy atom. The molecule has 0 fully saturated rings. The zero-order valence-electron chi connectivity index (χ0n) is 12.1. The van der Waals surface area contributed by atoms with E-state index in [1.807, 2.05) is 18.5 Å². The van der Waals surface area contributed by atoms with Gasteiger partial charge in [0.05, 0.1) is 5.69 Å². The maximum atomic E-state index is 12.8. The van der Waals surface area contributed by atoms with Gasteiger partial charge in [0, 0.05) is 24.2 Å². The van der Waals surface area contributed by atoms with Gasteiger partial charge in [0.1, 0.15) is 5.82 Å². The summed E-state index contributed by atoms with van der Waals surface area (Å²) < 4.78 is 14.7. The van der Waals surface area contributed by atoms with E-state index in [-0.39, 0.29) is 11.6 Å². The second kappa shape index (κ2) is 5.99. The van der Waals surface area contributed by atoms with Crippen LogP contribution < -0.4 is 0 Å². The van der Waals surface area contributed by atoms with Crippen molar-refractivity contribution in [1.29, 1.82) is 0 Å². The minimum atomic E-state index is -0.320. The van der Waals surface area contributed by atoms with Gasteiger partial charge in [-0.15, -0.1) is 0 Å². The number of Topliss-reactive ketones (excluding diaryl/α,β-unsaturated/α-hetero) is 1. The van der Waals surface area contributed by atoms with Gasteiger partial charge >= 0.3 is 0 Å². The predicted octanol–water partition coefficient (Wildman–Crippen LogP) is 3.61. The zero-order valence-corrected chi connectivity index (χ0v) is 12.1. The number of carbonyl (C=O) groups is 1. The molecule has 0 bridgehead atoms. The number of aryl methyl sites for hydroxylation is 2. The number of benzene rings is 1. The molecule has 1 heterocycles. The highest BCUT2D eigenvalue weighted by Crippen LogP contribution is 2.13. The van der Waals surface area contributed by atoms with Crippen molar-refractivity contribution in [3.05, 3.63) is 52.6 Å². The second-order valence-electron chi connectivity index (χ2n) is 5.05. The number of aromatic nitrogens is 2. The Hall–Kier alpha value is -1.97. The molecule has 0 N–H and O–H groups in total. The molecule has 4 heteroatoms. The summed E-state index contributed by atoms with van der Waals surface area (Å²) in [4.78, 5) is 12.0. The van der Waals surface area contributed by atoms with Gasteiger partial charge in [-0.1, -0.05) is 0 Å². The number of hydrogen-bond donors (Lipinski definition) is 0. The fraction of sp³-hybridized carbons (Fsp3) is 0.375. The molecule has 1 aromatic heterocycles. The molecule has 106 valence electrons. The lowest BCUT2D eigenvalue weighted by molar-refractivity contribution is 0.0978. The van der Waals surface area contributed by atoms with Crippen molar-refractivity contribution in [2.45, 2.75) is 40.2 Å². The first kappa shape index (κ1) is 14.4. The van der Waals surface area contributed by atoms with E-state index in [1.165, 1.54) is 29.8 Å². The van der Waals surface area contributed by atoms with Gasteiger partial charge < -0.3 is 0 Å². The van der Waals surface area contributed by atoms with Crippen LogP contribution in [0.25, 0.3) is 0 Å². The van der Waals surface area contributed by atoms with Gasteiger partial charge in [0.15, 0.2) is 5.78 Å². The third-order valence-electron chi connectivity index (χ3n) is 3.68. The Morgan fingerprint density at radius 2 is 1.85 bits per heavy atom. The molecule has 0 aliphatic carbocycles. The normalized spacial score (nSPS) is 10.8. The summed E-state index contributed by atoms with van der Waals surface area (Å²) >= 11 is 0. The van der Waals surface area contributed by atoms with Crippen LogP contribution >= 0.6 is 0 Å². The summed E-state index contributed by atoms with van der Waals surface area (Å²) in [6.45, 7) is 6.81. The van der Waals surface area contributed by atoms with Gasteiger partial charge in [0.25, 0.3) is 0 Å². The van der Waals surface area contributed by atoms with Crippen molar-refractivity contribution < 1.29 is 9.18 Å². The smallest absolute Gasteiger partial charge is 0.162 e. The van der Waals surface area contributed by atoms with Gasteiger partial charge in [-0.2, -0.15) is 5.10 Å². The highest BCUT2D eigenvalue weighted by molar-refractivity contribution is 5.95. The van der Waals surface area contributed by atoms with E-state index in [0.29, 0.717) is 12.0 Å². The molecule has 0 unspecified atom stereocenters. The van der Waals surface area contributed by atoms with E-state index in [2.05, 4.69) is 12.0 Å². The largest absolute Gasteiger partial charge is 0.294 e. The van der Waals surface area contributed by atoms with Crippen LogP contribution in [0.2, 0.25) is 0 Å². The molecule has 0 atom stereocenters. The molecule has 0 aliphatic heterocycles. The minimum absolute atomic E-state index is 0.0447. The van der Waals surface area contributed by atoms with Crippen molar-refractivity contribution >= 4 is 5.78 Å². The maximum Gasteiger partial charge on any atom is 0.162 e. The van der Waals surface area contributed by atoms with E-state index < -0.39 is 0 Å². The Labute approximate surface area is 118 Å². The number of halogens is 1. The first-order chi connectivity index (χ1) is 9.49. The molecule has 1 aromatic carbocycles. The van der Waals surface area contributed by atoms with E-state index in [0.717, 1.165) is 24.4 Å². The second-order valence-corrected chi connectivity index (χ2v) is 5.05.